The summed E-state index contributed by atoms with van der Waals surface area (Å²) in [5.74, 6) is 0.954. The van der Waals surface area contributed by atoms with E-state index in [0.717, 1.165) is 16.7 Å². The van der Waals surface area contributed by atoms with E-state index in [2.05, 4.69) is 68.3 Å². The molecule has 0 aliphatic carbocycles. The summed E-state index contributed by atoms with van der Waals surface area (Å²) < 4.78 is 12.2. The Balaban J connectivity index is 1.78. The number of hydrogen-bond donors (Lipinski definition) is 1. The Labute approximate surface area is 151 Å². The van der Waals surface area contributed by atoms with E-state index in [1.807, 2.05) is 24.3 Å². The second-order valence-electron chi connectivity index (χ2n) is 7.46. The van der Waals surface area contributed by atoms with Crippen molar-refractivity contribution in [3.63, 3.8) is 0 Å². The Morgan fingerprint density at radius 2 is 1.68 bits per heavy atom. The molecule has 0 saturated heterocycles. The second-order valence-corrected chi connectivity index (χ2v) is 12.0. The average Bonchev–Trinajstić information content (AvgIpc) is 3.02. The van der Waals surface area contributed by atoms with Gasteiger partial charge in [0.05, 0.1) is 18.7 Å². The lowest BCUT2D eigenvalue weighted by Gasteiger charge is -2.26. The highest BCUT2D eigenvalue weighted by Crippen LogP contribution is 2.26. The molecule has 0 unspecified atom stereocenters. The quantitative estimate of drug-likeness (QED) is 0.555. The second kappa shape index (κ2) is 7.56. The van der Waals surface area contributed by atoms with Crippen molar-refractivity contribution in [2.75, 3.05) is 6.61 Å². The maximum absolute atomic E-state index is 6.19. The average molecular weight is 354 g/mol. The topological polar surface area (TPSA) is 34.4 Å². The van der Waals surface area contributed by atoms with Crippen molar-refractivity contribution >= 4 is 19.3 Å². The predicted octanol–water partition coefficient (Wildman–Crippen LogP) is 5.68. The van der Waals surface area contributed by atoms with Crippen LogP contribution in [0.1, 0.15) is 30.3 Å². The third kappa shape index (κ3) is 4.81. The molecule has 2 aromatic carbocycles. The van der Waals surface area contributed by atoms with Gasteiger partial charge in [-0.3, -0.25) is 5.32 Å². The number of hydrogen-bond acceptors (Lipinski definition) is 3. The normalized spacial score (nSPS) is 14.6. The van der Waals surface area contributed by atoms with Gasteiger partial charge in [0.1, 0.15) is 11.3 Å². The van der Waals surface area contributed by atoms with E-state index in [1.54, 1.807) is 0 Å². The smallest absolute Gasteiger partial charge is 0.183 e. The Kier molecular flexibility index (Phi) is 5.42. The van der Waals surface area contributed by atoms with Gasteiger partial charge >= 0.3 is 0 Å². The van der Waals surface area contributed by atoms with Crippen LogP contribution in [0, 0.1) is 0 Å². The Morgan fingerprint density at radius 1 is 1.00 bits per heavy atom. The van der Waals surface area contributed by atoms with Gasteiger partial charge in [-0.15, -0.1) is 0 Å². The summed E-state index contributed by atoms with van der Waals surface area (Å²) in [5.41, 5.74) is 2.17. The van der Waals surface area contributed by atoms with Gasteiger partial charge in [0.25, 0.3) is 0 Å². The molecule has 132 valence electrons. The molecule has 3 nitrogen and oxygen atoms in total. The minimum absolute atomic E-state index is 0.0999. The number of benzene rings is 2. The van der Waals surface area contributed by atoms with E-state index in [9.17, 15) is 0 Å². The largest absolute Gasteiger partial charge is 0.459 e. The predicted molar refractivity (Wildman–Crippen MR) is 106 cm³/mol. The third-order valence-corrected chi connectivity index (χ3v) is 5.24. The Bertz CT molecular complexity index is 774. The van der Waals surface area contributed by atoms with Crippen molar-refractivity contribution in [2.45, 2.75) is 38.6 Å². The molecule has 0 saturated carbocycles. The molecule has 1 heterocycles. The van der Waals surface area contributed by atoms with E-state index in [-0.39, 0.29) is 12.1 Å². The number of furan rings is 1. The molecule has 3 aromatic rings. The fourth-order valence-corrected chi connectivity index (χ4v) is 3.53. The van der Waals surface area contributed by atoms with Crippen LogP contribution in [0.25, 0.3) is 11.0 Å². The minimum Gasteiger partial charge on any atom is -0.459 e. The molecule has 0 bridgehead atoms. The summed E-state index contributed by atoms with van der Waals surface area (Å²) in [5, 5.41) is 4.83. The van der Waals surface area contributed by atoms with Gasteiger partial charge in [-0.2, -0.15) is 0 Å². The molecule has 4 heteroatoms. The number of nitrogens with one attached hydrogen (secondary N) is 1. The van der Waals surface area contributed by atoms with Crippen LogP contribution >= 0.6 is 0 Å². The standard InChI is InChI=1S/C21H27NO2Si/c1-16(21-14-18-12-8-9-13-20(18)24-21)22-19(15-23-25(2,3)4)17-10-6-5-7-11-17/h5-14,16,19,22H,15H2,1-4H3/t16-,19+/m0/s1. The van der Waals surface area contributed by atoms with Gasteiger partial charge in [-0.25, -0.2) is 0 Å². The van der Waals surface area contributed by atoms with Gasteiger partial charge in [0.2, 0.25) is 0 Å². The lowest BCUT2D eigenvalue weighted by atomic mass is 10.1. The zero-order valence-corrected chi connectivity index (χ0v) is 16.5. The number of rotatable bonds is 7. The van der Waals surface area contributed by atoms with E-state index in [1.165, 1.54) is 5.56 Å². The fourth-order valence-electron chi connectivity index (χ4n) is 2.86. The third-order valence-electron chi connectivity index (χ3n) is 4.21. The fraction of sp³-hybridized carbons (Fsp3) is 0.333. The maximum atomic E-state index is 6.19. The first-order chi connectivity index (χ1) is 11.9. The van der Waals surface area contributed by atoms with Crippen LogP contribution < -0.4 is 5.32 Å². The molecule has 0 fully saturated rings. The lowest BCUT2D eigenvalue weighted by molar-refractivity contribution is 0.245. The molecule has 0 aliphatic rings. The van der Waals surface area contributed by atoms with Gasteiger partial charge in [0, 0.05) is 5.39 Å². The van der Waals surface area contributed by atoms with Crippen molar-refractivity contribution in [3.8, 4) is 0 Å². The molecule has 0 amide bonds. The molecular weight excluding hydrogens is 326 g/mol. The zero-order chi connectivity index (χ0) is 17.9. The SMILES string of the molecule is C[C@H](N[C@H](CO[Si](C)(C)C)c1ccccc1)c1cc2ccccc2o1. The molecule has 2 atom stereocenters. The highest BCUT2D eigenvalue weighted by molar-refractivity contribution is 6.69. The van der Waals surface area contributed by atoms with Crippen LogP contribution in [-0.2, 0) is 4.43 Å². The van der Waals surface area contributed by atoms with Crippen LogP contribution in [0.4, 0.5) is 0 Å². The molecule has 0 radical (unpaired) electrons. The van der Waals surface area contributed by atoms with E-state index in [0.29, 0.717) is 6.61 Å². The summed E-state index contributed by atoms with van der Waals surface area (Å²) in [6.45, 7) is 9.47. The monoisotopic (exact) mass is 353 g/mol. The highest BCUT2D eigenvalue weighted by atomic mass is 28.4. The van der Waals surface area contributed by atoms with E-state index in [4.69, 9.17) is 8.84 Å². The van der Waals surface area contributed by atoms with Crippen molar-refractivity contribution in [2.24, 2.45) is 0 Å². The molecule has 3 rings (SSSR count). The molecule has 1 N–H and O–H groups in total. The van der Waals surface area contributed by atoms with Crippen molar-refractivity contribution in [1.29, 1.82) is 0 Å². The first-order valence-electron chi connectivity index (χ1n) is 8.86. The van der Waals surface area contributed by atoms with Gasteiger partial charge < -0.3 is 8.84 Å². The van der Waals surface area contributed by atoms with Crippen LogP contribution in [0.3, 0.4) is 0 Å². The van der Waals surface area contributed by atoms with Gasteiger partial charge in [-0.05, 0) is 44.3 Å². The first kappa shape index (κ1) is 17.9. The zero-order valence-electron chi connectivity index (χ0n) is 15.5. The molecule has 1 aromatic heterocycles. The van der Waals surface area contributed by atoms with E-state index < -0.39 is 8.32 Å². The van der Waals surface area contributed by atoms with Crippen LogP contribution in [0.15, 0.2) is 65.1 Å². The summed E-state index contributed by atoms with van der Waals surface area (Å²) >= 11 is 0. The summed E-state index contributed by atoms with van der Waals surface area (Å²) in [7, 11) is -1.57. The number of fused-ring (bicyclic) bond motifs is 1. The van der Waals surface area contributed by atoms with Crippen LogP contribution in [-0.4, -0.2) is 14.9 Å². The Morgan fingerprint density at radius 3 is 2.36 bits per heavy atom. The van der Waals surface area contributed by atoms with Gasteiger partial charge in [0.15, 0.2) is 8.32 Å². The van der Waals surface area contributed by atoms with Crippen LogP contribution in [0.2, 0.25) is 19.6 Å². The van der Waals surface area contributed by atoms with Gasteiger partial charge in [-0.1, -0.05) is 48.5 Å². The summed E-state index contributed by atoms with van der Waals surface area (Å²) in [6, 6.07) is 21.0. The lowest BCUT2D eigenvalue weighted by Crippen LogP contribution is -2.34. The molecule has 0 aliphatic heterocycles. The van der Waals surface area contributed by atoms with E-state index >= 15 is 0 Å². The minimum atomic E-state index is -1.57. The molecule has 25 heavy (non-hydrogen) atoms. The highest BCUT2D eigenvalue weighted by Gasteiger charge is 2.22. The van der Waals surface area contributed by atoms with Crippen molar-refractivity contribution < 1.29 is 8.84 Å². The van der Waals surface area contributed by atoms with Crippen LogP contribution in [0.5, 0.6) is 0 Å². The summed E-state index contributed by atoms with van der Waals surface area (Å²) in [4.78, 5) is 0. The number of para-hydroxylation sites is 1. The maximum Gasteiger partial charge on any atom is 0.183 e. The summed E-state index contributed by atoms with van der Waals surface area (Å²) in [6.07, 6.45) is 0. The van der Waals surface area contributed by atoms with Crippen molar-refractivity contribution in [3.05, 3.63) is 72.0 Å². The molecule has 0 spiro atoms. The Hall–Kier alpha value is -1.88. The van der Waals surface area contributed by atoms with Crippen molar-refractivity contribution in [1.82, 2.24) is 5.32 Å². The molecular formula is C21H27NO2Si. The first-order valence-corrected chi connectivity index (χ1v) is 12.3.